The number of rotatable bonds is 4. The molecular formula is C8H8F2O5. The zero-order valence-electron chi connectivity index (χ0n) is 7.57. The van der Waals surface area contributed by atoms with Crippen LogP contribution in [0.1, 0.15) is 6.42 Å². The molecule has 84 valence electrons. The third-order valence-corrected chi connectivity index (χ3v) is 1.51. The van der Waals surface area contributed by atoms with E-state index in [-0.39, 0.29) is 19.6 Å². The van der Waals surface area contributed by atoms with Gasteiger partial charge in [-0.1, -0.05) is 0 Å². The van der Waals surface area contributed by atoms with Gasteiger partial charge in [0.25, 0.3) is 6.08 Å². The van der Waals surface area contributed by atoms with E-state index in [1.54, 1.807) is 0 Å². The predicted molar refractivity (Wildman–Crippen MR) is 42.1 cm³/mol. The topological polar surface area (TPSA) is 61.8 Å². The van der Waals surface area contributed by atoms with Crippen molar-refractivity contribution in [3.05, 3.63) is 12.2 Å². The average molecular weight is 222 g/mol. The summed E-state index contributed by atoms with van der Waals surface area (Å²) < 4.78 is 36.4. The van der Waals surface area contributed by atoms with Crippen LogP contribution in [0.15, 0.2) is 12.2 Å². The lowest BCUT2D eigenvalue weighted by atomic mass is 10.4. The Bertz CT molecular complexity index is 285. The molecule has 1 saturated heterocycles. The number of hydrogen-bond donors (Lipinski definition) is 0. The molecule has 15 heavy (non-hydrogen) atoms. The Morgan fingerprint density at radius 1 is 1.60 bits per heavy atom. The van der Waals surface area contributed by atoms with Gasteiger partial charge in [0.1, 0.15) is 6.61 Å². The van der Waals surface area contributed by atoms with Crippen LogP contribution in [0.25, 0.3) is 0 Å². The van der Waals surface area contributed by atoms with Crippen molar-refractivity contribution in [2.24, 2.45) is 0 Å². The van der Waals surface area contributed by atoms with Crippen molar-refractivity contribution >= 4 is 12.1 Å². The van der Waals surface area contributed by atoms with Crippen LogP contribution in [0.5, 0.6) is 0 Å². The normalized spacial score (nSPS) is 19.1. The number of carbonyl (C=O) groups excluding carboxylic acids is 2. The molecule has 0 amide bonds. The summed E-state index contributed by atoms with van der Waals surface area (Å²) in [7, 11) is 0. The SMILES string of the molecule is O=C1OCC(C(=O)OCCC=C(F)F)O1. The average Bonchev–Trinajstić information content (AvgIpc) is 2.59. The monoisotopic (exact) mass is 222 g/mol. The second-order valence-electron chi connectivity index (χ2n) is 2.62. The van der Waals surface area contributed by atoms with Gasteiger partial charge in [0.05, 0.1) is 6.61 Å². The summed E-state index contributed by atoms with van der Waals surface area (Å²) >= 11 is 0. The van der Waals surface area contributed by atoms with Crippen LogP contribution in [0.4, 0.5) is 13.6 Å². The Morgan fingerprint density at radius 3 is 2.87 bits per heavy atom. The molecule has 5 nitrogen and oxygen atoms in total. The van der Waals surface area contributed by atoms with Crippen molar-refractivity contribution in [1.29, 1.82) is 0 Å². The third kappa shape index (κ3) is 3.92. The lowest BCUT2D eigenvalue weighted by molar-refractivity contribution is -0.151. The van der Waals surface area contributed by atoms with E-state index in [4.69, 9.17) is 0 Å². The fourth-order valence-electron chi connectivity index (χ4n) is 0.865. The maximum atomic E-state index is 11.5. The van der Waals surface area contributed by atoms with Crippen molar-refractivity contribution in [3.8, 4) is 0 Å². The smallest absolute Gasteiger partial charge is 0.463 e. The van der Waals surface area contributed by atoms with Crippen molar-refractivity contribution < 1.29 is 32.6 Å². The summed E-state index contributed by atoms with van der Waals surface area (Å²) in [6.07, 6.45) is -3.31. The van der Waals surface area contributed by atoms with Crippen LogP contribution in [-0.2, 0) is 19.0 Å². The van der Waals surface area contributed by atoms with Gasteiger partial charge in [-0.25, -0.2) is 9.59 Å². The number of esters is 1. The quantitative estimate of drug-likeness (QED) is 0.529. The molecule has 1 atom stereocenters. The molecule has 1 fully saturated rings. The predicted octanol–water partition coefficient (Wildman–Crippen LogP) is 1.24. The van der Waals surface area contributed by atoms with E-state index in [1.807, 2.05) is 0 Å². The first-order valence-corrected chi connectivity index (χ1v) is 4.11. The standard InChI is InChI=1S/C8H8F2O5/c9-6(10)2-1-3-13-7(11)5-4-14-8(12)15-5/h2,5H,1,3-4H2. The van der Waals surface area contributed by atoms with Crippen LogP contribution >= 0.6 is 0 Å². The van der Waals surface area contributed by atoms with E-state index in [9.17, 15) is 18.4 Å². The molecule has 1 aliphatic rings. The molecule has 0 N–H and O–H groups in total. The largest absolute Gasteiger partial charge is 0.509 e. The van der Waals surface area contributed by atoms with Gasteiger partial charge in [-0.2, -0.15) is 8.78 Å². The highest BCUT2D eigenvalue weighted by molar-refractivity contribution is 5.79. The van der Waals surface area contributed by atoms with Crippen molar-refractivity contribution in [2.45, 2.75) is 12.5 Å². The van der Waals surface area contributed by atoms with Crippen LogP contribution < -0.4 is 0 Å². The van der Waals surface area contributed by atoms with Gasteiger partial charge in [-0.05, 0) is 6.08 Å². The Morgan fingerprint density at radius 2 is 2.33 bits per heavy atom. The van der Waals surface area contributed by atoms with Crippen molar-refractivity contribution in [2.75, 3.05) is 13.2 Å². The minimum absolute atomic E-state index is 0.0877. The van der Waals surface area contributed by atoms with Crippen LogP contribution in [0.3, 0.4) is 0 Å². The number of halogens is 2. The number of carbonyl (C=O) groups is 2. The second kappa shape index (κ2) is 5.28. The van der Waals surface area contributed by atoms with E-state index in [2.05, 4.69) is 14.2 Å². The molecule has 1 unspecified atom stereocenters. The van der Waals surface area contributed by atoms with Gasteiger partial charge < -0.3 is 14.2 Å². The summed E-state index contributed by atoms with van der Waals surface area (Å²) in [4.78, 5) is 21.5. The van der Waals surface area contributed by atoms with Gasteiger partial charge in [0.2, 0.25) is 6.10 Å². The van der Waals surface area contributed by atoms with Gasteiger partial charge in [-0.3, -0.25) is 0 Å². The zero-order valence-corrected chi connectivity index (χ0v) is 7.57. The van der Waals surface area contributed by atoms with E-state index in [0.717, 1.165) is 0 Å². The molecule has 0 aromatic carbocycles. The minimum atomic E-state index is -1.83. The van der Waals surface area contributed by atoms with E-state index >= 15 is 0 Å². The Balaban J connectivity index is 2.19. The first-order valence-electron chi connectivity index (χ1n) is 4.11. The molecule has 1 aliphatic heterocycles. The van der Waals surface area contributed by atoms with Gasteiger partial charge >= 0.3 is 12.1 Å². The van der Waals surface area contributed by atoms with Crippen molar-refractivity contribution in [1.82, 2.24) is 0 Å². The lowest BCUT2D eigenvalue weighted by Gasteiger charge is -2.05. The number of cyclic esters (lactones) is 2. The van der Waals surface area contributed by atoms with Crippen LogP contribution in [0, 0.1) is 0 Å². The summed E-state index contributed by atoms with van der Waals surface area (Å²) in [6.45, 7) is -0.394. The van der Waals surface area contributed by atoms with E-state index < -0.39 is 24.3 Å². The Hall–Kier alpha value is -1.66. The van der Waals surface area contributed by atoms with Crippen LogP contribution in [-0.4, -0.2) is 31.4 Å². The Labute approximate surface area is 83.6 Å². The fourth-order valence-corrected chi connectivity index (χ4v) is 0.865. The third-order valence-electron chi connectivity index (χ3n) is 1.51. The molecule has 1 heterocycles. The molecule has 0 aliphatic carbocycles. The zero-order chi connectivity index (χ0) is 11.3. The highest BCUT2D eigenvalue weighted by atomic mass is 19.3. The van der Waals surface area contributed by atoms with Crippen LogP contribution in [0.2, 0.25) is 0 Å². The van der Waals surface area contributed by atoms with Gasteiger partial charge in [-0.15, -0.1) is 0 Å². The van der Waals surface area contributed by atoms with Crippen molar-refractivity contribution in [3.63, 3.8) is 0 Å². The summed E-state index contributed by atoms with van der Waals surface area (Å²) in [6, 6.07) is 0. The molecule has 7 heteroatoms. The maximum absolute atomic E-state index is 11.5. The molecule has 0 aromatic heterocycles. The number of hydrogen-bond acceptors (Lipinski definition) is 5. The lowest BCUT2D eigenvalue weighted by Crippen LogP contribution is -2.25. The Kier molecular flexibility index (Phi) is 4.02. The first-order chi connectivity index (χ1) is 7.09. The summed E-state index contributed by atoms with van der Waals surface area (Å²) in [5.74, 6) is -0.798. The summed E-state index contributed by atoms with van der Waals surface area (Å²) in [5.41, 5.74) is 0. The number of ether oxygens (including phenoxy) is 3. The maximum Gasteiger partial charge on any atom is 0.509 e. The van der Waals surface area contributed by atoms with Gasteiger partial charge in [0, 0.05) is 6.42 Å². The molecule has 0 bridgehead atoms. The summed E-state index contributed by atoms with van der Waals surface area (Å²) in [5, 5.41) is 0. The molecule has 0 aromatic rings. The van der Waals surface area contributed by atoms with E-state index in [1.165, 1.54) is 0 Å². The molecular weight excluding hydrogens is 214 g/mol. The molecule has 0 radical (unpaired) electrons. The molecule has 0 saturated carbocycles. The second-order valence-corrected chi connectivity index (χ2v) is 2.62. The van der Waals surface area contributed by atoms with Gasteiger partial charge in [0.15, 0.2) is 0 Å². The minimum Gasteiger partial charge on any atom is -0.463 e. The molecule has 1 rings (SSSR count). The first kappa shape index (κ1) is 11.4. The highest BCUT2D eigenvalue weighted by Gasteiger charge is 2.32. The highest BCUT2D eigenvalue weighted by Crippen LogP contribution is 2.08. The fraction of sp³-hybridized carbons (Fsp3) is 0.500. The molecule has 0 spiro atoms. The van der Waals surface area contributed by atoms with E-state index in [0.29, 0.717) is 6.08 Å².